The van der Waals surface area contributed by atoms with Gasteiger partial charge in [0, 0.05) is 19.3 Å². The zero-order valence-electron chi connectivity index (χ0n) is 9.36. The molecule has 0 aliphatic heterocycles. The predicted octanol–water partition coefficient (Wildman–Crippen LogP) is 1.79. The van der Waals surface area contributed by atoms with Gasteiger partial charge in [-0.2, -0.15) is 0 Å². The second-order valence-electron chi connectivity index (χ2n) is 3.70. The molecule has 0 aromatic carbocycles. The minimum absolute atomic E-state index is 0.0139. The second kappa shape index (κ2) is 4.04. The summed E-state index contributed by atoms with van der Waals surface area (Å²) in [4.78, 5) is 15.9. The smallest absolute Gasteiger partial charge is 0.252 e. The minimum Gasteiger partial charge on any atom is -0.318 e. The molecule has 0 aliphatic rings. The van der Waals surface area contributed by atoms with E-state index in [-0.39, 0.29) is 5.56 Å². The van der Waals surface area contributed by atoms with Crippen LogP contribution in [0.2, 0.25) is 0 Å². The molecule has 0 spiro atoms. The maximum Gasteiger partial charge on any atom is 0.252 e. The number of halogens is 1. The molecule has 2 rings (SSSR count). The third-order valence-corrected chi connectivity index (χ3v) is 3.59. The SMILES string of the molecule is Cc1nc(I)c(C)n1-c1ccn(C)c(=O)c1. The maximum atomic E-state index is 11.6. The summed E-state index contributed by atoms with van der Waals surface area (Å²) in [6.45, 7) is 3.94. The molecule has 2 aromatic heterocycles. The molecule has 4 nitrogen and oxygen atoms in total. The van der Waals surface area contributed by atoms with Gasteiger partial charge in [0.15, 0.2) is 0 Å². The van der Waals surface area contributed by atoms with Crippen molar-refractivity contribution in [3.63, 3.8) is 0 Å². The molecule has 0 saturated heterocycles. The summed E-state index contributed by atoms with van der Waals surface area (Å²) in [5.41, 5.74) is 1.92. The van der Waals surface area contributed by atoms with Gasteiger partial charge in [-0.1, -0.05) is 0 Å². The van der Waals surface area contributed by atoms with Crippen LogP contribution >= 0.6 is 22.6 Å². The lowest BCUT2D eigenvalue weighted by atomic mass is 10.3. The molecule has 2 aromatic rings. The Hall–Kier alpha value is -1.11. The topological polar surface area (TPSA) is 39.8 Å². The molecule has 16 heavy (non-hydrogen) atoms. The summed E-state index contributed by atoms with van der Waals surface area (Å²) in [5.74, 6) is 0.898. The van der Waals surface area contributed by atoms with Crippen LogP contribution in [0.1, 0.15) is 11.5 Å². The number of aromatic nitrogens is 3. The quantitative estimate of drug-likeness (QED) is 0.749. The fourth-order valence-electron chi connectivity index (χ4n) is 1.67. The summed E-state index contributed by atoms with van der Waals surface area (Å²) in [7, 11) is 1.74. The zero-order chi connectivity index (χ0) is 11.9. The molecule has 0 bridgehead atoms. The van der Waals surface area contributed by atoms with Crippen molar-refractivity contribution >= 4 is 22.6 Å². The molecule has 0 fully saturated rings. The highest BCUT2D eigenvalue weighted by Crippen LogP contribution is 2.17. The summed E-state index contributed by atoms with van der Waals surface area (Å²) in [6.07, 6.45) is 1.77. The lowest BCUT2D eigenvalue weighted by molar-refractivity contribution is 0.842. The van der Waals surface area contributed by atoms with Crippen molar-refractivity contribution in [3.8, 4) is 5.69 Å². The van der Waals surface area contributed by atoms with Crippen LogP contribution in [0.3, 0.4) is 0 Å². The van der Waals surface area contributed by atoms with Gasteiger partial charge in [-0.3, -0.25) is 9.36 Å². The molecule has 0 atom stereocenters. The van der Waals surface area contributed by atoms with Gasteiger partial charge in [-0.25, -0.2) is 4.98 Å². The van der Waals surface area contributed by atoms with E-state index in [4.69, 9.17) is 0 Å². The van der Waals surface area contributed by atoms with Gasteiger partial charge >= 0.3 is 0 Å². The number of hydrogen-bond donors (Lipinski definition) is 0. The van der Waals surface area contributed by atoms with Crippen LogP contribution in [0.5, 0.6) is 0 Å². The Morgan fingerprint density at radius 1 is 1.38 bits per heavy atom. The molecule has 2 heterocycles. The van der Waals surface area contributed by atoms with Crippen molar-refractivity contribution in [1.82, 2.24) is 14.1 Å². The van der Waals surface area contributed by atoms with E-state index in [1.54, 1.807) is 23.9 Å². The Kier molecular flexibility index (Phi) is 2.88. The first-order valence-electron chi connectivity index (χ1n) is 4.89. The van der Waals surface area contributed by atoms with Crippen molar-refractivity contribution in [2.75, 3.05) is 0 Å². The number of hydrogen-bond acceptors (Lipinski definition) is 2. The highest BCUT2D eigenvalue weighted by Gasteiger charge is 2.10. The molecular weight excluding hydrogens is 317 g/mol. The Labute approximate surface area is 107 Å². The monoisotopic (exact) mass is 329 g/mol. The van der Waals surface area contributed by atoms with Crippen molar-refractivity contribution < 1.29 is 0 Å². The molecule has 5 heteroatoms. The fourth-order valence-corrected chi connectivity index (χ4v) is 2.26. The normalized spacial score (nSPS) is 10.8. The van der Waals surface area contributed by atoms with Gasteiger partial charge < -0.3 is 4.57 Å². The molecule has 0 N–H and O–H groups in total. The first-order valence-corrected chi connectivity index (χ1v) is 5.97. The second-order valence-corrected chi connectivity index (χ2v) is 4.73. The summed E-state index contributed by atoms with van der Waals surface area (Å²) in [6, 6.07) is 3.54. The third kappa shape index (κ3) is 1.79. The van der Waals surface area contributed by atoms with E-state index in [9.17, 15) is 4.79 Å². The first kappa shape index (κ1) is 11.4. The lowest BCUT2D eigenvalue weighted by Crippen LogP contribution is -2.16. The standard InChI is InChI=1S/C11H12IN3O/c1-7-11(12)13-8(2)15(7)9-4-5-14(3)10(16)6-9/h4-6H,1-3H3. The summed E-state index contributed by atoms with van der Waals surface area (Å²) >= 11 is 2.20. The van der Waals surface area contributed by atoms with Crippen molar-refractivity contribution in [2.45, 2.75) is 13.8 Å². The van der Waals surface area contributed by atoms with E-state index < -0.39 is 0 Å². The van der Waals surface area contributed by atoms with E-state index in [1.165, 1.54) is 0 Å². The average molecular weight is 329 g/mol. The van der Waals surface area contributed by atoms with Crippen molar-refractivity contribution in [3.05, 3.63) is 43.9 Å². The van der Waals surface area contributed by atoms with E-state index in [0.717, 1.165) is 20.9 Å². The van der Waals surface area contributed by atoms with Gasteiger partial charge in [0.1, 0.15) is 9.53 Å². The molecule has 0 unspecified atom stereocenters. The summed E-state index contributed by atoms with van der Waals surface area (Å²) in [5, 5.41) is 0. The van der Waals surface area contributed by atoms with E-state index in [0.29, 0.717) is 0 Å². The van der Waals surface area contributed by atoms with E-state index in [1.807, 2.05) is 24.5 Å². The maximum absolute atomic E-state index is 11.6. The highest BCUT2D eigenvalue weighted by atomic mass is 127. The first-order chi connectivity index (χ1) is 7.50. The minimum atomic E-state index is -0.0139. The average Bonchev–Trinajstić information content (AvgIpc) is 2.47. The molecule has 0 amide bonds. The third-order valence-electron chi connectivity index (χ3n) is 2.56. The Morgan fingerprint density at radius 2 is 2.06 bits per heavy atom. The van der Waals surface area contributed by atoms with Gasteiger partial charge in [0.2, 0.25) is 0 Å². The number of aryl methyl sites for hydroxylation is 2. The van der Waals surface area contributed by atoms with Gasteiger partial charge in [-0.05, 0) is 42.5 Å². The van der Waals surface area contributed by atoms with Crippen LogP contribution in [0, 0.1) is 17.5 Å². The molecular formula is C11H12IN3O. The molecule has 0 aliphatic carbocycles. The Morgan fingerprint density at radius 3 is 2.56 bits per heavy atom. The Balaban J connectivity index is 2.67. The number of rotatable bonds is 1. The summed E-state index contributed by atoms with van der Waals surface area (Å²) < 4.78 is 4.51. The van der Waals surface area contributed by atoms with Gasteiger partial charge in [0.05, 0.1) is 11.4 Å². The largest absolute Gasteiger partial charge is 0.318 e. The number of nitrogens with zero attached hydrogens (tertiary/aromatic N) is 3. The van der Waals surface area contributed by atoms with Gasteiger partial charge in [0.25, 0.3) is 5.56 Å². The fraction of sp³-hybridized carbons (Fsp3) is 0.273. The van der Waals surface area contributed by atoms with Crippen LogP contribution in [-0.4, -0.2) is 14.1 Å². The van der Waals surface area contributed by atoms with Crippen LogP contribution in [-0.2, 0) is 7.05 Å². The van der Waals surface area contributed by atoms with Crippen LogP contribution < -0.4 is 5.56 Å². The lowest BCUT2D eigenvalue weighted by Gasteiger charge is -2.08. The molecule has 84 valence electrons. The Bertz CT molecular complexity index is 598. The predicted molar refractivity (Wildman–Crippen MR) is 71.0 cm³/mol. The molecule has 0 saturated carbocycles. The number of imidazole rings is 1. The van der Waals surface area contributed by atoms with Crippen molar-refractivity contribution in [2.24, 2.45) is 7.05 Å². The van der Waals surface area contributed by atoms with Crippen molar-refractivity contribution in [1.29, 1.82) is 0 Å². The highest BCUT2D eigenvalue weighted by molar-refractivity contribution is 14.1. The zero-order valence-corrected chi connectivity index (χ0v) is 11.5. The van der Waals surface area contributed by atoms with Crippen LogP contribution in [0.15, 0.2) is 23.1 Å². The van der Waals surface area contributed by atoms with E-state index in [2.05, 4.69) is 27.6 Å². The molecule has 0 radical (unpaired) electrons. The van der Waals surface area contributed by atoms with Crippen LogP contribution in [0.4, 0.5) is 0 Å². The van der Waals surface area contributed by atoms with Gasteiger partial charge in [-0.15, -0.1) is 0 Å². The van der Waals surface area contributed by atoms with Crippen LogP contribution in [0.25, 0.3) is 5.69 Å². The number of pyridine rings is 1. The van der Waals surface area contributed by atoms with E-state index >= 15 is 0 Å².